The Bertz CT molecular complexity index is 468. The van der Waals surface area contributed by atoms with E-state index in [1.807, 2.05) is 0 Å². The third-order valence-electron chi connectivity index (χ3n) is 3.26. The predicted molar refractivity (Wildman–Crippen MR) is 86.7 cm³/mol. The van der Waals surface area contributed by atoms with Gasteiger partial charge in [-0.2, -0.15) is 0 Å². The van der Waals surface area contributed by atoms with Crippen molar-refractivity contribution in [1.29, 1.82) is 0 Å². The monoisotopic (exact) mass is 359 g/mol. The highest BCUT2D eigenvalue weighted by Gasteiger charge is 2.07. The number of hydrogen-bond donors (Lipinski definition) is 2. The molecule has 0 spiro atoms. The summed E-state index contributed by atoms with van der Waals surface area (Å²) in [5.41, 5.74) is 0.725. The number of urea groups is 1. The Balaban J connectivity index is 2.29. The van der Waals surface area contributed by atoms with Crippen LogP contribution in [0.1, 0.15) is 26.3 Å². The fraction of sp³-hybridized carbons (Fsp3) is 0.533. The predicted octanol–water partition coefficient (Wildman–Crippen LogP) is 3.12. The van der Waals surface area contributed by atoms with Crippen molar-refractivity contribution in [1.82, 2.24) is 15.5 Å². The lowest BCUT2D eigenvalue weighted by molar-refractivity contribution is 0.222. The summed E-state index contributed by atoms with van der Waals surface area (Å²) in [5, 5.41) is 5.52. The van der Waals surface area contributed by atoms with E-state index in [4.69, 9.17) is 0 Å². The summed E-state index contributed by atoms with van der Waals surface area (Å²) >= 11 is 3.10. The van der Waals surface area contributed by atoms with Crippen LogP contribution in [0, 0.1) is 5.82 Å². The van der Waals surface area contributed by atoms with Crippen molar-refractivity contribution >= 4 is 22.0 Å². The molecular weight excluding hydrogens is 337 g/mol. The van der Waals surface area contributed by atoms with E-state index in [2.05, 4.69) is 52.2 Å². The first-order chi connectivity index (χ1) is 9.93. The molecule has 0 saturated carbocycles. The lowest BCUT2D eigenvalue weighted by Crippen LogP contribution is -2.41. The molecule has 0 aliphatic rings. The van der Waals surface area contributed by atoms with Crippen LogP contribution in [-0.2, 0) is 6.54 Å². The van der Waals surface area contributed by atoms with Gasteiger partial charge >= 0.3 is 6.03 Å². The molecule has 0 fully saturated rings. The molecule has 2 amide bonds. The van der Waals surface area contributed by atoms with Gasteiger partial charge in [-0.25, -0.2) is 9.18 Å². The number of halogens is 2. The van der Waals surface area contributed by atoms with Crippen LogP contribution < -0.4 is 10.6 Å². The molecule has 0 heterocycles. The summed E-state index contributed by atoms with van der Waals surface area (Å²) in [7, 11) is 0. The molecule has 1 rings (SSSR count). The van der Waals surface area contributed by atoms with Crippen molar-refractivity contribution in [2.45, 2.75) is 33.4 Å². The minimum atomic E-state index is -0.328. The average Bonchev–Trinajstić information content (AvgIpc) is 2.44. The number of nitrogens with one attached hydrogen (secondary N) is 2. The van der Waals surface area contributed by atoms with Gasteiger partial charge in [0, 0.05) is 25.7 Å². The van der Waals surface area contributed by atoms with Crippen LogP contribution >= 0.6 is 15.9 Å². The molecule has 4 nitrogen and oxygen atoms in total. The number of likely N-dealkylation sites (N-methyl/N-ethyl adjacent to an activating group) is 1. The molecule has 0 aromatic heterocycles. The van der Waals surface area contributed by atoms with Gasteiger partial charge in [0.2, 0.25) is 0 Å². The van der Waals surface area contributed by atoms with Crippen LogP contribution in [0.5, 0.6) is 0 Å². The first kappa shape index (κ1) is 17.9. The maximum absolute atomic E-state index is 13.3. The van der Waals surface area contributed by atoms with E-state index in [-0.39, 0.29) is 11.8 Å². The van der Waals surface area contributed by atoms with Gasteiger partial charge < -0.3 is 10.6 Å². The summed E-state index contributed by atoms with van der Waals surface area (Å²) in [4.78, 5) is 13.9. The van der Waals surface area contributed by atoms with Crippen molar-refractivity contribution in [3.8, 4) is 0 Å². The quantitative estimate of drug-likeness (QED) is 0.785. The highest BCUT2D eigenvalue weighted by Crippen LogP contribution is 2.16. The summed E-state index contributed by atoms with van der Waals surface area (Å²) in [6, 6.07) is 5.03. The summed E-state index contributed by atoms with van der Waals surface area (Å²) in [6.45, 7) is 9.03. The normalized spacial score (nSPS) is 11.0. The van der Waals surface area contributed by atoms with Gasteiger partial charge in [0.15, 0.2) is 0 Å². The zero-order valence-corrected chi connectivity index (χ0v) is 14.3. The van der Waals surface area contributed by atoms with Crippen molar-refractivity contribution in [2.75, 3.05) is 19.6 Å². The van der Waals surface area contributed by atoms with Crippen molar-refractivity contribution in [3.63, 3.8) is 0 Å². The summed E-state index contributed by atoms with van der Waals surface area (Å²) < 4.78 is 13.7. The Labute approximate surface area is 134 Å². The highest BCUT2D eigenvalue weighted by molar-refractivity contribution is 9.10. The van der Waals surface area contributed by atoms with E-state index in [1.54, 1.807) is 12.1 Å². The van der Waals surface area contributed by atoms with E-state index in [1.165, 1.54) is 6.07 Å². The number of rotatable bonds is 7. The molecule has 0 aliphatic carbocycles. The van der Waals surface area contributed by atoms with E-state index in [0.717, 1.165) is 18.7 Å². The largest absolute Gasteiger partial charge is 0.337 e. The van der Waals surface area contributed by atoms with Crippen LogP contribution in [0.2, 0.25) is 0 Å². The van der Waals surface area contributed by atoms with Crippen LogP contribution in [0.3, 0.4) is 0 Å². The number of nitrogens with zero attached hydrogens (tertiary/aromatic N) is 1. The molecule has 0 radical (unpaired) electrons. The highest BCUT2D eigenvalue weighted by atomic mass is 79.9. The molecule has 1 aromatic rings. The number of amides is 2. The number of hydrogen-bond acceptors (Lipinski definition) is 2. The van der Waals surface area contributed by atoms with Crippen LogP contribution in [0.15, 0.2) is 22.7 Å². The standard InChI is InChI=1S/C15H23BrFN3O/c1-4-20(11(2)3)8-7-18-15(21)19-10-12-5-6-13(16)14(17)9-12/h5-6,9,11H,4,7-8,10H2,1-3H3,(H2,18,19,21). The van der Waals surface area contributed by atoms with Crippen molar-refractivity contribution < 1.29 is 9.18 Å². The number of benzene rings is 1. The lowest BCUT2D eigenvalue weighted by atomic mass is 10.2. The smallest absolute Gasteiger partial charge is 0.315 e. The van der Waals surface area contributed by atoms with Crippen molar-refractivity contribution in [2.24, 2.45) is 0 Å². The fourth-order valence-electron chi connectivity index (χ4n) is 1.99. The molecule has 6 heteroatoms. The van der Waals surface area contributed by atoms with Crippen LogP contribution in [0.4, 0.5) is 9.18 Å². The average molecular weight is 360 g/mol. The molecule has 21 heavy (non-hydrogen) atoms. The summed E-state index contributed by atoms with van der Waals surface area (Å²) in [5.74, 6) is -0.328. The fourth-order valence-corrected chi connectivity index (χ4v) is 2.24. The van der Waals surface area contributed by atoms with Gasteiger partial charge in [-0.15, -0.1) is 0 Å². The van der Waals surface area contributed by atoms with E-state index < -0.39 is 0 Å². The minimum Gasteiger partial charge on any atom is -0.337 e. The van der Waals surface area contributed by atoms with Crippen molar-refractivity contribution in [3.05, 3.63) is 34.1 Å². The van der Waals surface area contributed by atoms with E-state index >= 15 is 0 Å². The molecule has 0 atom stereocenters. The zero-order chi connectivity index (χ0) is 15.8. The molecule has 0 unspecified atom stereocenters. The Kier molecular flexibility index (Phi) is 7.67. The second-order valence-electron chi connectivity index (χ2n) is 5.08. The first-order valence-corrected chi connectivity index (χ1v) is 7.93. The van der Waals surface area contributed by atoms with Crippen LogP contribution in [-0.4, -0.2) is 36.6 Å². The van der Waals surface area contributed by atoms with Gasteiger partial charge in [-0.3, -0.25) is 4.90 Å². The minimum absolute atomic E-state index is 0.238. The van der Waals surface area contributed by atoms with Gasteiger partial charge in [0.1, 0.15) is 5.82 Å². The Morgan fingerprint density at radius 3 is 2.67 bits per heavy atom. The second-order valence-corrected chi connectivity index (χ2v) is 5.93. The van der Waals surface area contributed by atoms with Crippen LogP contribution in [0.25, 0.3) is 0 Å². The first-order valence-electron chi connectivity index (χ1n) is 7.13. The Morgan fingerprint density at radius 1 is 1.38 bits per heavy atom. The second kappa shape index (κ2) is 9.00. The molecule has 0 aliphatic heterocycles. The molecule has 2 N–H and O–H groups in total. The van der Waals surface area contributed by atoms with E-state index in [0.29, 0.717) is 23.6 Å². The number of carbonyl (C=O) groups is 1. The molecule has 1 aromatic carbocycles. The molecule has 0 bridgehead atoms. The third kappa shape index (κ3) is 6.44. The lowest BCUT2D eigenvalue weighted by Gasteiger charge is -2.24. The van der Waals surface area contributed by atoms with Gasteiger partial charge in [0.05, 0.1) is 4.47 Å². The topological polar surface area (TPSA) is 44.4 Å². The maximum atomic E-state index is 13.3. The third-order valence-corrected chi connectivity index (χ3v) is 3.90. The molecular formula is C15H23BrFN3O. The summed E-state index contributed by atoms with van der Waals surface area (Å²) in [6.07, 6.45) is 0. The van der Waals surface area contributed by atoms with Gasteiger partial charge in [-0.1, -0.05) is 13.0 Å². The zero-order valence-electron chi connectivity index (χ0n) is 12.7. The molecule has 118 valence electrons. The SMILES string of the molecule is CCN(CCNC(=O)NCc1ccc(Br)c(F)c1)C(C)C. The number of carbonyl (C=O) groups excluding carboxylic acids is 1. The van der Waals surface area contributed by atoms with Gasteiger partial charge in [-0.05, 0) is 54.0 Å². The van der Waals surface area contributed by atoms with E-state index in [9.17, 15) is 9.18 Å². The maximum Gasteiger partial charge on any atom is 0.315 e. The Hall–Kier alpha value is -1.14. The Morgan fingerprint density at radius 2 is 2.10 bits per heavy atom. The van der Waals surface area contributed by atoms with Gasteiger partial charge in [0.25, 0.3) is 0 Å². The molecule has 0 saturated heterocycles.